The fraction of sp³-hybridized carbons (Fsp3) is 0.0385. The van der Waals surface area contributed by atoms with E-state index in [1.807, 2.05) is 30.5 Å². The second-order valence-corrected chi connectivity index (χ2v) is 6.84. The fourth-order valence-electron chi connectivity index (χ4n) is 3.21. The number of hydrazone groups is 1. The van der Waals surface area contributed by atoms with Gasteiger partial charge in [0.15, 0.2) is 0 Å². The molecular formula is C26H23N3. The zero-order valence-electron chi connectivity index (χ0n) is 16.4. The number of anilines is 4. The zero-order valence-corrected chi connectivity index (χ0v) is 16.4. The van der Waals surface area contributed by atoms with Crippen molar-refractivity contribution >= 4 is 29.0 Å². The van der Waals surface area contributed by atoms with Crippen molar-refractivity contribution in [1.82, 2.24) is 0 Å². The summed E-state index contributed by atoms with van der Waals surface area (Å²) >= 11 is 0. The first kappa shape index (κ1) is 18.5. The first-order valence-electron chi connectivity index (χ1n) is 9.66. The quantitative estimate of drug-likeness (QED) is 0.292. The van der Waals surface area contributed by atoms with Gasteiger partial charge in [0.2, 0.25) is 0 Å². The molecule has 0 spiro atoms. The van der Waals surface area contributed by atoms with Crippen molar-refractivity contribution in [2.45, 2.75) is 6.92 Å². The van der Waals surface area contributed by atoms with Gasteiger partial charge in [-0.25, -0.2) is 0 Å². The van der Waals surface area contributed by atoms with Gasteiger partial charge in [0.25, 0.3) is 0 Å². The molecule has 4 aromatic rings. The van der Waals surface area contributed by atoms with E-state index in [1.165, 1.54) is 5.56 Å². The Labute approximate surface area is 172 Å². The maximum absolute atomic E-state index is 4.36. The van der Waals surface area contributed by atoms with Crippen molar-refractivity contribution in [2.75, 3.05) is 10.3 Å². The lowest BCUT2D eigenvalue weighted by Crippen LogP contribution is -2.09. The number of benzene rings is 4. The molecular weight excluding hydrogens is 354 g/mol. The molecule has 0 saturated carbocycles. The van der Waals surface area contributed by atoms with Crippen LogP contribution in [0.2, 0.25) is 0 Å². The Bertz CT molecular complexity index is 1030. The average molecular weight is 377 g/mol. The Morgan fingerprint density at radius 2 is 1.24 bits per heavy atom. The van der Waals surface area contributed by atoms with Crippen molar-refractivity contribution in [1.29, 1.82) is 0 Å². The predicted octanol–water partition coefficient (Wildman–Crippen LogP) is 6.91. The van der Waals surface area contributed by atoms with E-state index < -0.39 is 0 Å². The molecule has 0 aliphatic heterocycles. The average Bonchev–Trinajstić information content (AvgIpc) is 2.77. The summed E-state index contributed by atoms with van der Waals surface area (Å²) in [6.45, 7) is 2.07. The van der Waals surface area contributed by atoms with E-state index in [2.05, 4.69) is 107 Å². The lowest BCUT2D eigenvalue weighted by Gasteiger charge is -2.25. The molecule has 0 amide bonds. The van der Waals surface area contributed by atoms with Crippen molar-refractivity contribution in [2.24, 2.45) is 5.10 Å². The summed E-state index contributed by atoms with van der Waals surface area (Å²) in [4.78, 5) is 2.24. The van der Waals surface area contributed by atoms with Crippen molar-refractivity contribution < 1.29 is 0 Å². The Balaban J connectivity index is 1.55. The van der Waals surface area contributed by atoms with E-state index in [0.717, 1.165) is 28.3 Å². The molecule has 142 valence electrons. The highest BCUT2D eigenvalue weighted by atomic mass is 15.3. The molecule has 0 heterocycles. The van der Waals surface area contributed by atoms with Crippen LogP contribution in [0.4, 0.5) is 22.7 Å². The minimum Gasteiger partial charge on any atom is -0.311 e. The van der Waals surface area contributed by atoms with E-state index >= 15 is 0 Å². The molecule has 0 atom stereocenters. The molecule has 0 aliphatic rings. The molecule has 0 fully saturated rings. The number of nitrogens with one attached hydrogen (secondary N) is 1. The van der Waals surface area contributed by atoms with Gasteiger partial charge in [-0.1, -0.05) is 60.7 Å². The lowest BCUT2D eigenvalue weighted by atomic mass is 10.1. The normalized spacial score (nSPS) is 10.8. The van der Waals surface area contributed by atoms with Gasteiger partial charge >= 0.3 is 0 Å². The van der Waals surface area contributed by atoms with Crippen LogP contribution in [-0.4, -0.2) is 6.21 Å². The molecule has 0 unspecified atom stereocenters. The molecule has 3 heteroatoms. The molecule has 4 aromatic carbocycles. The molecule has 1 N–H and O–H groups in total. The number of hydrogen-bond acceptors (Lipinski definition) is 3. The van der Waals surface area contributed by atoms with Crippen LogP contribution >= 0.6 is 0 Å². The Kier molecular flexibility index (Phi) is 5.68. The topological polar surface area (TPSA) is 27.6 Å². The highest BCUT2D eigenvalue weighted by molar-refractivity contribution is 5.83. The van der Waals surface area contributed by atoms with Crippen molar-refractivity contribution in [3.63, 3.8) is 0 Å². The predicted molar refractivity (Wildman–Crippen MR) is 124 cm³/mol. The Hall–Kier alpha value is -3.85. The van der Waals surface area contributed by atoms with Crippen LogP contribution in [0.3, 0.4) is 0 Å². The van der Waals surface area contributed by atoms with Gasteiger partial charge in [0.05, 0.1) is 11.9 Å². The highest BCUT2D eigenvalue weighted by Gasteiger charge is 2.11. The third-order valence-corrected chi connectivity index (χ3v) is 4.61. The standard InChI is InChI=1S/C26H23N3/c1-21-9-8-10-23(19-21)28-27-20-22-15-17-26(18-16-22)29(24-11-4-2-5-12-24)25-13-6-3-7-14-25/h2-20,28H,1H3/b27-20+. The summed E-state index contributed by atoms with van der Waals surface area (Å²) in [6.07, 6.45) is 1.83. The largest absolute Gasteiger partial charge is 0.311 e. The van der Waals surface area contributed by atoms with Crippen molar-refractivity contribution in [3.8, 4) is 0 Å². The third kappa shape index (κ3) is 4.71. The second-order valence-electron chi connectivity index (χ2n) is 6.84. The third-order valence-electron chi connectivity index (χ3n) is 4.61. The number of hydrogen-bond donors (Lipinski definition) is 1. The molecule has 0 bridgehead atoms. The van der Waals surface area contributed by atoms with Gasteiger partial charge in [-0.15, -0.1) is 0 Å². The number of para-hydroxylation sites is 2. The van der Waals surface area contributed by atoms with Gasteiger partial charge in [-0.2, -0.15) is 5.10 Å². The first-order chi connectivity index (χ1) is 14.3. The molecule has 4 rings (SSSR count). The van der Waals surface area contributed by atoms with Crippen LogP contribution in [0.5, 0.6) is 0 Å². The summed E-state index contributed by atoms with van der Waals surface area (Å²) in [6, 6.07) is 37.3. The van der Waals surface area contributed by atoms with Gasteiger partial charge in [0.1, 0.15) is 0 Å². The highest BCUT2D eigenvalue weighted by Crippen LogP contribution is 2.33. The summed E-state index contributed by atoms with van der Waals surface area (Å²) in [5, 5.41) is 4.36. The Morgan fingerprint density at radius 1 is 0.655 bits per heavy atom. The van der Waals surface area contributed by atoms with E-state index in [4.69, 9.17) is 0 Å². The smallest absolute Gasteiger partial charge is 0.0564 e. The molecule has 0 radical (unpaired) electrons. The van der Waals surface area contributed by atoms with Crippen LogP contribution in [0.25, 0.3) is 0 Å². The van der Waals surface area contributed by atoms with Gasteiger partial charge in [0, 0.05) is 17.1 Å². The minimum atomic E-state index is 0.984. The SMILES string of the molecule is Cc1cccc(N/N=C/c2ccc(N(c3ccccc3)c3ccccc3)cc2)c1. The maximum atomic E-state index is 4.36. The van der Waals surface area contributed by atoms with E-state index in [9.17, 15) is 0 Å². The molecule has 29 heavy (non-hydrogen) atoms. The first-order valence-corrected chi connectivity index (χ1v) is 9.66. The van der Waals surface area contributed by atoms with Gasteiger partial charge < -0.3 is 4.90 Å². The number of aryl methyl sites for hydroxylation is 1. The van der Waals surface area contributed by atoms with E-state index in [-0.39, 0.29) is 0 Å². The monoisotopic (exact) mass is 377 g/mol. The lowest BCUT2D eigenvalue weighted by molar-refractivity contribution is 1.28. The summed E-state index contributed by atoms with van der Waals surface area (Å²) < 4.78 is 0. The van der Waals surface area contributed by atoms with Crippen molar-refractivity contribution in [3.05, 3.63) is 120 Å². The molecule has 0 aliphatic carbocycles. The van der Waals surface area contributed by atoms with Gasteiger partial charge in [-0.3, -0.25) is 5.43 Å². The van der Waals surface area contributed by atoms with Crippen LogP contribution < -0.4 is 10.3 Å². The van der Waals surface area contributed by atoms with Crippen LogP contribution in [0.1, 0.15) is 11.1 Å². The summed E-state index contributed by atoms with van der Waals surface area (Å²) in [7, 11) is 0. The summed E-state index contributed by atoms with van der Waals surface area (Å²) in [5.74, 6) is 0. The molecule has 0 aromatic heterocycles. The van der Waals surface area contributed by atoms with Crippen LogP contribution in [0.15, 0.2) is 114 Å². The van der Waals surface area contributed by atoms with Gasteiger partial charge in [-0.05, 0) is 66.6 Å². The zero-order chi connectivity index (χ0) is 19.9. The van der Waals surface area contributed by atoms with Crippen LogP contribution in [-0.2, 0) is 0 Å². The minimum absolute atomic E-state index is 0.984. The van der Waals surface area contributed by atoms with Crippen LogP contribution in [0, 0.1) is 6.92 Å². The fourth-order valence-corrected chi connectivity index (χ4v) is 3.21. The second kappa shape index (κ2) is 8.89. The molecule has 3 nitrogen and oxygen atoms in total. The van der Waals surface area contributed by atoms with E-state index in [1.54, 1.807) is 0 Å². The number of nitrogens with zero attached hydrogens (tertiary/aromatic N) is 2. The summed E-state index contributed by atoms with van der Waals surface area (Å²) in [5.41, 5.74) is 9.66. The molecule has 0 saturated heterocycles. The number of rotatable bonds is 6. The Morgan fingerprint density at radius 3 is 1.83 bits per heavy atom. The van der Waals surface area contributed by atoms with E-state index in [0.29, 0.717) is 0 Å². The maximum Gasteiger partial charge on any atom is 0.0564 e.